The third kappa shape index (κ3) is 2.45. The van der Waals surface area contributed by atoms with Gasteiger partial charge in [-0.15, -0.1) is 11.3 Å². The first-order valence-corrected chi connectivity index (χ1v) is 7.21. The quantitative estimate of drug-likeness (QED) is 0.868. The molecule has 1 N–H and O–H groups in total. The molecular formula is C14H13F3N2S. The van der Waals surface area contributed by atoms with E-state index in [1.54, 1.807) is 0 Å². The highest BCUT2D eigenvalue weighted by Gasteiger charge is 2.29. The van der Waals surface area contributed by atoms with Gasteiger partial charge in [0.25, 0.3) is 0 Å². The maximum Gasteiger partial charge on any atom is 0.194 e. The molecule has 0 unspecified atom stereocenters. The predicted octanol–water partition coefficient (Wildman–Crippen LogP) is 3.82. The highest BCUT2D eigenvalue weighted by molar-refractivity contribution is 7.15. The van der Waals surface area contributed by atoms with E-state index >= 15 is 0 Å². The molecule has 1 aromatic carbocycles. The van der Waals surface area contributed by atoms with Crippen molar-refractivity contribution in [3.8, 4) is 10.6 Å². The van der Waals surface area contributed by atoms with Crippen LogP contribution in [-0.4, -0.2) is 12.0 Å². The summed E-state index contributed by atoms with van der Waals surface area (Å²) in [6.45, 7) is 0.676. The van der Waals surface area contributed by atoms with Gasteiger partial charge in [0.1, 0.15) is 5.01 Å². The van der Waals surface area contributed by atoms with Gasteiger partial charge in [-0.05, 0) is 32.0 Å². The summed E-state index contributed by atoms with van der Waals surface area (Å²) in [6.07, 6.45) is 2.21. The zero-order valence-corrected chi connectivity index (χ0v) is 11.7. The Kier molecular flexibility index (Phi) is 3.52. The van der Waals surface area contributed by atoms with Gasteiger partial charge in [-0.25, -0.2) is 18.2 Å². The van der Waals surface area contributed by atoms with E-state index in [2.05, 4.69) is 10.3 Å². The van der Waals surface area contributed by atoms with E-state index in [0.717, 1.165) is 35.5 Å². The fourth-order valence-corrected chi connectivity index (χ4v) is 3.28. The number of halogens is 3. The molecule has 2 nitrogen and oxygen atoms in total. The Bertz CT molecular complexity index is 627. The van der Waals surface area contributed by atoms with Gasteiger partial charge in [0.15, 0.2) is 17.5 Å². The minimum atomic E-state index is -1.44. The average molecular weight is 298 g/mol. The summed E-state index contributed by atoms with van der Waals surface area (Å²) in [4.78, 5) is 5.57. The number of benzene rings is 1. The predicted molar refractivity (Wildman–Crippen MR) is 72.2 cm³/mol. The minimum Gasteiger partial charge on any atom is -0.315 e. The van der Waals surface area contributed by atoms with Crippen LogP contribution >= 0.6 is 11.3 Å². The Hall–Kier alpha value is -1.40. The molecule has 1 saturated carbocycles. The molecule has 6 heteroatoms. The summed E-state index contributed by atoms with van der Waals surface area (Å²) < 4.78 is 39.6. The normalized spacial score (nSPS) is 14.8. The Balaban J connectivity index is 2.03. The topological polar surface area (TPSA) is 24.9 Å². The molecule has 3 rings (SSSR count). The van der Waals surface area contributed by atoms with Crippen LogP contribution < -0.4 is 5.32 Å². The molecule has 0 spiro atoms. The van der Waals surface area contributed by atoms with E-state index in [-0.39, 0.29) is 5.56 Å². The lowest BCUT2D eigenvalue weighted by Crippen LogP contribution is -2.05. The van der Waals surface area contributed by atoms with Gasteiger partial charge in [-0.3, -0.25) is 0 Å². The van der Waals surface area contributed by atoms with Gasteiger partial charge in [0.05, 0.1) is 5.69 Å². The summed E-state index contributed by atoms with van der Waals surface area (Å²) in [5.74, 6) is -3.35. The van der Waals surface area contributed by atoms with E-state index in [4.69, 9.17) is 0 Å². The summed E-state index contributed by atoms with van der Waals surface area (Å²) in [5, 5.41) is 3.60. The molecule has 1 aliphatic rings. The molecule has 0 atom stereocenters. The van der Waals surface area contributed by atoms with Gasteiger partial charge in [0, 0.05) is 22.9 Å². The highest BCUT2D eigenvalue weighted by atomic mass is 32.1. The Labute approximate surface area is 118 Å². The maximum atomic E-state index is 13.3. The van der Waals surface area contributed by atoms with Gasteiger partial charge in [-0.2, -0.15) is 0 Å². The van der Waals surface area contributed by atoms with Crippen LogP contribution in [0.5, 0.6) is 0 Å². The summed E-state index contributed by atoms with van der Waals surface area (Å²) in [6, 6.07) is 1.99. The number of rotatable bonds is 4. The Morgan fingerprint density at radius 1 is 1.25 bits per heavy atom. The van der Waals surface area contributed by atoms with E-state index in [9.17, 15) is 13.2 Å². The van der Waals surface area contributed by atoms with Crippen LogP contribution in [0.25, 0.3) is 10.6 Å². The maximum absolute atomic E-state index is 13.3. The van der Waals surface area contributed by atoms with Crippen molar-refractivity contribution < 1.29 is 13.2 Å². The number of hydrogen-bond donors (Lipinski definition) is 1. The number of thiazole rings is 1. The number of hydrogen-bond acceptors (Lipinski definition) is 3. The molecule has 1 aliphatic carbocycles. The van der Waals surface area contributed by atoms with Gasteiger partial charge in [-0.1, -0.05) is 0 Å². The number of nitrogens with one attached hydrogen (secondary N) is 1. The van der Waals surface area contributed by atoms with Crippen LogP contribution in [0, 0.1) is 17.5 Å². The Morgan fingerprint density at radius 2 is 1.90 bits per heavy atom. The first kappa shape index (κ1) is 13.6. The third-order valence-corrected chi connectivity index (χ3v) is 4.38. The average Bonchev–Trinajstić information content (AvgIpc) is 3.17. The summed E-state index contributed by atoms with van der Waals surface area (Å²) in [5.41, 5.74) is 1.29. The van der Waals surface area contributed by atoms with Crippen molar-refractivity contribution in [2.75, 3.05) is 7.05 Å². The van der Waals surface area contributed by atoms with E-state index < -0.39 is 17.5 Å². The Morgan fingerprint density at radius 3 is 2.45 bits per heavy atom. The molecule has 0 radical (unpaired) electrons. The first-order valence-electron chi connectivity index (χ1n) is 6.39. The van der Waals surface area contributed by atoms with Crippen LogP contribution in [0.2, 0.25) is 0 Å². The van der Waals surface area contributed by atoms with Crippen molar-refractivity contribution in [3.63, 3.8) is 0 Å². The molecule has 0 saturated heterocycles. The van der Waals surface area contributed by atoms with Crippen LogP contribution in [0.3, 0.4) is 0 Å². The molecule has 0 aliphatic heterocycles. The second-order valence-electron chi connectivity index (χ2n) is 4.89. The second-order valence-corrected chi connectivity index (χ2v) is 5.97. The molecule has 0 bridgehead atoms. The van der Waals surface area contributed by atoms with Gasteiger partial charge in [0.2, 0.25) is 0 Å². The molecule has 20 heavy (non-hydrogen) atoms. The van der Waals surface area contributed by atoms with E-state index in [0.29, 0.717) is 17.5 Å². The lowest BCUT2D eigenvalue weighted by Gasteiger charge is -1.99. The first-order chi connectivity index (χ1) is 9.60. The van der Waals surface area contributed by atoms with Crippen molar-refractivity contribution >= 4 is 11.3 Å². The van der Waals surface area contributed by atoms with Crippen LogP contribution in [0.4, 0.5) is 13.2 Å². The van der Waals surface area contributed by atoms with Crippen LogP contribution in [0.15, 0.2) is 12.1 Å². The number of nitrogens with zero attached hydrogens (tertiary/aromatic N) is 1. The molecule has 106 valence electrons. The van der Waals surface area contributed by atoms with Crippen molar-refractivity contribution in [2.45, 2.75) is 25.3 Å². The third-order valence-electron chi connectivity index (χ3n) is 3.26. The fraction of sp³-hybridized carbons (Fsp3) is 0.357. The van der Waals surface area contributed by atoms with Crippen molar-refractivity contribution in [1.82, 2.24) is 10.3 Å². The molecule has 1 fully saturated rings. The zero-order valence-electron chi connectivity index (χ0n) is 10.8. The smallest absolute Gasteiger partial charge is 0.194 e. The molecule has 1 heterocycles. The van der Waals surface area contributed by atoms with E-state index in [1.165, 1.54) is 11.3 Å². The van der Waals surface area contributed by atoms with Crippen LogP contribution in [-0.2, 0) is 6.54 Å². The minimum absolute atomic E-state index is 0.288. The lowest BCUT2D eigenvalue weighted by molar-refractivity contribution is 0.447. The highest BCUT2D eigenvalue weighted by Crippen LogP contribution is 2.44. The molecular weight excluding hydrogens is 285 g/mol. The monoisotopic (exact) mass is 298 g/mol. The van der Waals surface area contributed by atoms with Gasteiger partial charge >= 0.3 is 0 Å². The largest absolute Gasteiger partial charge is 0.315 e. The molecule has 0 amide bonds. The zero-order chi connectivity index (χ0) is 14.3. The van der Waals surface area contributed by atoms with E-state index in [1.807, 2.05) is 7.05 Å². The fourth-order valence-electron chi connectivity index (χ4n) is 2.13. The molecule has 1 aromatic heterocycles. The second kappa shape index (κ2) is 5.18. The van der Waals surface area contributed by atoms with Crippen molar-refractivity contribution in [1.29, 1.82) is 0 Å². The van der Waals surface area contributed by atoms with Crippen molar-refractivity contribution in [3.05, 3.63) is 40.2 Å². The summed E-state index contributed by atoms with van der Waals surface area (Å²) >= 11 is 1.40. The SMILES string of the molecule is CNCc1sc(-c2cc(F)c(F)c(F)c2)nc1C1CC1. The molecule has 2 aromatic rings. The van der Waals surface area contributed by atoms with Crippen molar-refractivity contribution in [2.24, 2.45) is 0 Å². The summed E-state index contributed by atoms with van der Waals surface area (Å²) in [7, 11) is 1.84. The lowest BCUT2D eigenvalue weighted by atomic mass is 10.2. The number of aromatic nitrogens is 1. The standard InChI is InChI=1S/C14H13F3N2S/c1-18-6-11-13(7-2-3-7)19-14(20-11)8-4-9(15)12(17)10(16)5-8/h4-5,7,18H,2-3,6H2,1H3. The van der Waals surface area contributed by atoms with Gasteiger partial charge < -0.3 is 5.32 Å². The van der Waals surface area contributed by atoms with Crippen LogP contribution in [0.1, 0.15) is 29.3 Å².